The number of nitrogens with one attached hydrogen (secondary N) is 1. The molecule has 0 aromatic rings. The van der Waals surface area contributed by atoms with E-state index in [1.807, 2.05) is 0 Å². The van der Waals surface area contributed by atoms with E-state index in [0.29, 0.717) is 5.41 Å². The minimum atomic E-state index is 0.266. The Balaban J connectivity index is 1.53. The summed E-state index contributed by atoms with van der Waals surface area (Å²) in [6.07, 6.45) is 13.6. The van der Waals surface area contributed by atoms with Crippen LogP contribution in [0.5, 0.6) is 0 Å². The summed E-state index contributed by atoms with van der Waals surface area (Å²) in [6, 6.07) is 0.852. The second-order valence-electron chi connectivity index (χ2n) is 8.25. The standard InChI is InChI=1S/C18H33NO/c1-17(2,11-12-19-16-6-7-16)15-8-13-20-18(14-15)9-4-3-5-10-18/h15-16,19H,3-14H2,1-2H3. The van der Waals surface area contributed by atoms with Gasteiger partial charge in [-0.25, -0.2) is 0 Å². The number of ether oxygens (including phenoxy) is 1. The molecule has 1 heterocycles. The van der Waals surface area contributed by atoms with Crippen LogP contribution in [-0.4, -0.2) is 24.8 Å². The Bertz CT molecular complexity index is 310. The molecule has 1 atom stereocenters. The van der Waals surface area contributed by atoms with Gasteiger partial charge in [0.1, 0.15) is 0 Å². The van der Waals surface area contributed by atoms with E-state index in [2.05, 4.69) is 19.2 Å². The average molecular weight is 279 g/mol. The van der Waals surface area contributed by atoms with Crippen molar-refractivity contribution in [3.63, 3.8) is 0 Å². The fraction of sp³-hybridized carbons (Fsp3) is 1.00. The van der Waals surface area contributed by atoms with Gasteiger partial charge in [-0.15, -0.1) is 0 Å². The summed E-state index contributed by atoms with van der Waals surface area (Å²) >= 11 is 0. The highest BCUT2D eigenvalue weighted by Gasteiger charge is 2.43. The van der Waals surface area contributed by atoms with E-state index in [0.717, 1.165) is 18.6 Å². The van der Waals surface area contributed by atoms with Crippen LogP contribution in [0, 0.1) is 11.3 Å². The summed E-state index contributed by atoms with van der Waals surface area (Å²) in [5, 5.41) is 3.69. The molecular formula is C18H33NO. The molecule has 1 unspecified atom stereocenters. The van der Waals surface area contributed by atoms with Crippen molar-refractivity contribution in [1.29, 1.82) is 0 Å². The van der Waals surface area contributed by atoms with Gasteiger partial charge in [-0.3, -0.25) is 0 Å². The summed E-state index contributed by atoms with van der Waals surface area (Å²) in [5.74, 6) is 0.857. The van der Waals surface area contributed by atoms with Crippen LogP contribution in [0.2, 0.25) is 0 Å². The molecule has 3 fully saturated rings. The van der Waals surface area contributed by atoms with Gasteiger partial charge < -0.3 is 10.1 Å². The smallest absolute Gasteiger partial charge is 0.0685 e. The van der Waals surface area contributed by atoms with Crippen LogP contribution in [0.1, 0.15) is 78.1 Å². The van der Waals surface area contributed by atoms with Gasteiger partial charge >= 0.3 is 0 Å². The second kappa shape index (κ2) is 5.96. The fourth-order valence-electron chi connectivity index (χ4n) is 4.33. The predicted molar refractivity (Wildman–Crippen MR) is 83.9 cm³/mol. The first-order valence-corrected chi connectivity index (χ1v) is 8.97. The molecule has 2 saturated carbocycles. The van der Waals surface area contributed by atoms with Gasteiger partial charge in [-0.05, 0) is 62.8 Å². The van der Waals surface area contributed by atoms with E-state index < -0.39 is 0 Å². The predicted octanol–water partition coefficient (Wildman–Crippen LogP) is 4.28. The minimum Gasteiger partial charge on any atom is -0.375 e. The SMILES string of the molecule is CC(C)(CCNC1CC1)C1CCOC2(CCCCC2)C1. The molecule has 1 saturated heterocycles. The van der Waals surface area contributed by atoms with Crippen LogP contribution in [0.4, 0.5) is 0 Å². The van der Waals surface area contributed by atoms with Gasteiger partial charge in [0.2, 0.25) is 0 Å². The summed E-state index contributed by atoms with van der Waals surface area (Å²) in [5.41, 5.74) is 0.735. The topological polar surface area (TPSA) is 21.3 Å². The van der Waals surface area contributed by atoms with E-state index in [1.165, 1.54) is 70.8 Å². The maximum Gasteiger partial charge on any atom is 0.0685 e. The van der Waals surface area contributed by atoms with Crippen LogP contribution < -0.4 is 5.32 Å². The van der Waals surface area contributed by atoms with E-state index in [9.17, 15) is 0 Å². The maximum atomic E-state index is 6.27. The number of hydrogen-bond donors (Lipinski definition) is 1. The lowest BCUT2D eigenvalue weighted by Gasteiger charge is -2.48. The Hall–Kier alpha value is -0.0800. The third kappa shape index (κ3) is 3.57. The number of hydrogen-bond acceptors (Lipinski definition) is 2. The lowest BCUT2D eigenvalue weighted by Crippen LogP contribution is -2.45. The van der Waals surface area contributed by atoms with E-state index in [1.54, 1.807) is 0 Å². The second-order valence-corrected chi connectivity index (χ2v) is 8.25. The first-order chi connectivity index (χ1) is 9.60. The highest BCUT2D eigenvalue weighted by atomic mass is 16.5. The van der Waals surface area contributed by atoms with Gasteiger partial charge in [0, 0.05) is 12.6 Å². The Kier molecular flexibility index (Phi) is 4.42. The van der Waals surface area contributed by atoms with Gasteiger partial charge in [-0.1, -0.05) is 33.1 Å². The molecular weight excluding hydrogens is 246 g/mol. The molecule has 1 aliphatic heterocycles. The fourth-order valence-corrected chi connectivity index (χ4v) is 4.33. The van der Waals surface area contributed by atoms with E-state index in [4.69, 9.17) is 4.74 Å². The molecule has 3 rings (SSSR count). The van der Waals surface area contributed by atoms with E-state index >= 15 is 0 Å². The zero-order valence-corrected chi connectivity index (χ0v) is 13.5. The Morgan fingerprint density at radius 2 is 1.85 bits per heavy atom. The molecule has 2 nitrogen and oxygen atoms in total. The van der Waals surface area contributed by atoms with Crippen LogP contribution in [-0.2, 0) is 4.74 Å². The minimum absolute atomic E-state index is 0.266. The van der Waals surface area contributed by atoms with Crippen LogP contribution in [0.25, 0.3) is 0 Å². The van der Waals surface area contributed by atoms with Crippen LogP contribution in [0.15, 0.2) is 0 Å². The quantitative estimate of drug-likeness (QED) is 0.811. The van der Waals surface area contributed by atoms with Crippen molar-refractivity contribution in [2.75, 3.05) is 13.2 Å². The average Bonchev–Trinajstić information content (AvgIpc) is 3.24. The molecule has 116 valence electrons. The molecule has 1 spiro atoms. The van der Waals surface area contributed by atoms with Gasteiger partial charge in [-0.2, -0.15) is 0 Å². The third-order valence-corrected chi connectivity index (χ3v) is 6.14. The highest BCUT2D eigenvalue weighted by molar-refractivity contribution is 4.94. The van der Waals surface area contributed by atoms with Gasteiger partial charge in [0.05, 0.1) is 5.60 Å². The summed E-state index contributed by atoms with van der Waals surface area (Å²) in [6.45, 7) is 7.20. The number of rotatable bonds is 5. The molecule has 2 heteroatoms. The molecule has 1 N–H and O–H groups in total. The highest BCUT2D eigenvalue weighted by Crippen LogP contribution is 2.47. The van der Waals surface area contributed by atoms with Crippen molar-refractivity contribution in [3.8, 4) is 0 Å². The first kappa shape index (κ1) is 14.8. The van der Waals surface area contributed by atoms with Crippen molar-refractivity contribution in [2.45, 2.75) is 89.7 Å². The van der Waals surface area contributed by atoms with Gasteiger partial charge in [0.15, 0.2) is 0 Å². The van der Waals surface area contributed by atoms with Crippen molar-refractivity contribution >= 4 is 0 Å². The van der Waals surface area contributed by atoms with Crippen LogP contribution >= 0.6 is 0 Å². The molecule has 3 aliphatic rings. The maximum absolute atomic E-state index is 6.27. The van der Waals surface area contributed by atoms with Crippen molar-refractivity contribution < 1.29 is 4.74 Å². The van der Waals surface area contributed by atoms with E-state index in [-0.39, 0.29) is 5.60 Å². The summed E-state index contributed by atoms with van der Waals surface area (Å²) in [4.78, 5) is 0. The zero-order chi connectivity index (χ0) is 14.1. The lowest BCUT2D eigenvalue weighted by molar-refractivity contribution is -0.134. The third-order valence-electron chi connectivity index (χ3n) is 6.14. The Labute approximate surface area is 125 Å². The van der Waals surface area contributed by atoms with Crippen molar-refractivity contribution in [3.05, 3.63) is 0 Å². The van der Waals surface area contributed by atoms with Crippen molar-refractivity contribution in [1.82, 2.24) is 5.32 Å². The summed E-state index contributed by atoms with van der Waals surface area (Å²) < 4.78 is 6.27. The molecule has 2 aliphatic carbocycles. The van der Waals surface area contributed by atoms with Gasteiger partial charge in [0.25, 0.3) is 0 Å². The monoisotopic (exact) mass is 279 g/mol. The molecule has 0 aromatic carbocycles. The molecule has 0 radical (unpaired) electrons. The molecule has 0 amide bonds. The normalized spacial score (nSPS) is 30.6. The Morgan fingerprint density at radius 3 is 2.55 bits per heavy atom. The first-order valence-electron chi connectivity index (χ1n) is 8.97. The Morgan fingerprint density at radius 1 is 1.10 bits per heavy atom. The largest absolute Gasteiger partial charge is 0.375 e. The summed E-state index contributed by atoms with van der Waals surface area (Å²) in [7, 11) is 0. The van der Waals surface area contributed by atoms with Crippen molar-refractivity contribution in [2.24, 2.45) is 11.3 Å². The lowest BCUT2D eigenvalue weighted by atomic mass is 9.66. The zero-order valence-electron chi connectivity index (χ0n) is 13.5. The molecule has 0 aromatic heterocycles. The van der Waals surface area contributed by atoms with Crippen LogP contribution in [0.3, 0.4) is 0 Å². The molecule has 20 heavy (non-hydrogen) atoms. The molecule has 0 bridgehead atoms.